The molecule has 0 saturated carbocycles. The molecule has 2 saturated heterocycles. The normalized spacial score (nSPS) is 20.6. The molecule has 4 rings (SSSR count). The van der Waals surface area contributed by atoms with Crippen molar-refractivity contribution in [3.63, 3.8) is 0 Å². The number of hydrogen-bond donors (Lipinski definition) is 1. The van der Waals surface area contributed by atoms with Gasteiger partial charge in [-0.25, -0.2) is 4.98 Å². The molecule has 2 aromatic rings. The van der Waals surface area contributed by atoms with Crippen LogP contribution in [-0.2, 0) is 4.79 Å². The second-order valence-corrected chi connectivity index (χ2v) is 8.13. The predicted molar refractivity (Wildman–Crippen MR) is 98.4 cm³/mol. The Morgan fingerprint density at radius 2 is 1.92 bits per heavy atom. The molecule has 3 heterocycles. The van der Waals surface area contributed by atoms with Crippen LogP contribution in [0.1, 0.15) is 43.0 Å². The van der Waals surface area contributed by atoms with Crippen molar-refractivity contribution in [2.75, 3.05) is 26.2 Å². The largest absolute Gasteiger partial charge is 0.343 e. The standard InChI is InChI=1S/C19H25N3OS/c23-18(13-14-5-9-20-10-6-14)22-11-7-15(8-12-22)19-21-16-3-1-2-4-17(16)24-19/h1-4,14-15,20H,5-13H2. The highest BCUT2D eigenvalue weighted by atomic mass is 32.1. The first-order chi connectivity index (χ1) is 11.8. The molecule has 1 aromatic carbocycles. The zero-order valence-electron chi connectivity index (χ0n) is 14.0. The summed E-state index contributed by atoms with van der Waals surface area (Å²) in [6, 6.07) is 8.36. The van der Waals surface area contributed by atoms with E-state index in [0.29, 0.717) is 17.7 Å². The highest BCUT2D eigenvalue weighted by Crippen LogP contribution is 2.34. The van der Waals surface area contributed by atoms with Crippen molar-refractivity contribution >= 4 is 27.5 Å². The first kappa shape index (κ1) is 16.0. The van der Waals surface area contributed by atoms with Gasteiger partial charge in [-0.2, -0.15) is 0 Å². The molecule has 0 spiro atoms. The van der Waals surface area contributed by atoms with E-state index in [0.717, 1.165) is 63.8 Å². The Balaban J connectivity index is 1.33. The Bertz CT molecular complexity index is 666. The Labute approximate surface area is 147 Å². The zero-order chi connectivity index (χ0) is 16.4. The summed E-state index contributed by atoms with van der Waals surface area (Å²) in [6.45, 7) is 3.92. The lowest BCUT2D eigenvalue weighted by Crippen LogP contribution is -2.39. The molecule has 2 aliphatic heterocycles. The van der Waals surface area contributed by atoms with Crippen LogP contribution >= 0.6 is 11.3 Å². The number of carbonyl (C=O) groups excluding carboxylic acids is 1. The van der Waals surface area contributed by atoms with E-state index < -0.39 is 0 Å². The molecule has 0 bridgehead atoms. The number of benzene rings is 1. The van der Waals surface area contributed by atoms with Crippen LogP contribution in [0.2, 0.25) is 0 Å². The molecule has 0 aliphatic carbocycles. The van der Waals surface area contributed by atoms with Crippen molar-refractivity contribution in [3.05, 3.63) is 29.3 Å². The minimum atomic E-state index is 0.365. The number of likely N-dealkylation sites (tertiary alicyclic amines) is 1. The third kappa shape index (κ3) is 3.47. The molecule has 0 radical (unpaired) electrons. The second-order valence-electron chi connectivity index (χ2n) is 7.07. The Hall–Kier alpha value is -1.46. The fourth-order valence-electron chi connectivity index (χ4n) is 3.90. The minimum Gasteiger partial charge on any atom is -0.343 e. The molecule has 5 heteroatoms. The molecule has 0 unspecified atom stereocenters. The van der Waals surface area contributed by atoms with Gasteiger partial charge >= 0.3 is 0 Å². The van der Waals surface area contributed by atoms with Gasteiger partial charge < -0.3 is 10.2 Å². The number of amides is 1. The first-order valence-corrected chi connectivity index (χ1v) is 9.95. The second kappa shape index (κ2) is 7.19. The SMILES string of the molecule is O=C(CC1CCNCC1)N1CCC(c2nc3ccccc3s2)CC1. The van der Waals surface area contributed by atoms with Gasteiger partial charge in [0.05, 0.1) is 15.2 Å². The van der Waals surface area contributed by atoms with Crippen molar-refractivity contribution in [1.29, 1.82) is 0 Å². The number of aromatic nitrogens is 1. The van der Waals surface area contributed by atoms with Gasteiger partial charge in [-0.3, -0.25) is 4.79 Å². The van der Waals surface area contributed by atoms with Crippen LogP contribution in [-0.4, -0.2) is 42.0 Å². The summed E-state index contributed by atoms with van der Waals surface area (Å²) in [7, 11) is 0. The maximum Gasteiger partial charge on any atom is 0.222 e. The van der Waals surface area contributed by atoms with Crippen molar-refractivity contribution in [2.24, 2.45) is 5.92 Å². The van der Waals surface area contributed by atoms with E-state index in [9.17, 15) is 4.79 Å². The Morgan fingerprint density at radius 3 is 2.67 bits per heavy atom. The lowest BCUT2D eigenvalue weighted by molar-refractivity contribution is -0.133. The summed E-state index contributed by atoms with van der Waals surface area (Å²) in [4.78, 5) is 19.4. The van der Waals surface area contributed by atoms with Gasteiger partial charge in [0.15, 0.2) is 0 Å². The molecular formula is C19H25N3OS. The molecule has 0 atom stereocenters. The number of thiazole rings is 1. The van der Waals surface area contributed by atoms with Gasteiger partial charge in [0.25, 0.3) is 0 Å². The van der Waals surface area contributed by atoms with Crippen LogP contribution < -0.4 is 5.32 Å². The summed E-state index contributed by atoms with van der Waals surface area (Å²) in [5, 5.41) is 4.62. The van der Waals surface area contributed by atoms with Crippen molar-refractivity contribution < 1.29 is 4.79 Å². The molecule has 1 aromatic heterocycles. The van der Waals surface area contributed by atoms with Crippen LogP contribution in [0.15, 0.2) is 24.3 Å². The average Bonchev–Trinajstić information content (AvgIpc) is 3.07. The number of fused-ring (bicyclic) bond motifs is 1. The van der Waals surface area contributed by atoms with E-state index in [2.05, 4.69) is 28.4 Å². The molecule has 2 fully saturated rings. The van der Waals surface area contributed by atoms with Crippen LogP contribution in [0, 0.1) is 5.92 Å². The average molecular weight is 343 g/mol. The topological polar surface area (TPSA) is 45.2 Å². The summed E-state index contributed by atoms with van der Waals surface area (Å²) >= 11 is 1.82. The van der Waals surface area contributed by atoms with Gasteiger partial charge in [0.1, 0.15) is 0 Å². The maximum atomic E-state index is 12.5. The smallest absolute Gasteiger partial charge is 0.222 e. The number of carbonyl (C=O) groups is 1. The van der Waals surface area contributed by atoms with Gasteiger partial charge in [0.2, 0.25) is 5.91 Å². The van der Waals surface area contributed by atoms with Gasteiger partial charge in [-0.15, -0.1) is 11.3 Å². The zero-order valence-corrected chi connectivity index (χ0v) is 14.9. The lowest BCUT2D eigenvalue weighted by Gasteiger charge is -2.32. The van der Waals surface area contributed by atoms with Crippen LogP contribution in [0.4, 0.5) is 0 Å². The third-order valence-electron chi connectivity index (χ3n) is 5.43. The number of nitrogens with zero attached hydrogens (tertiary/aromatic N) is 2. The Kier molecular flexibility index (Phi) is 4.81. The van der Waals surface area contributed by atoms with Gasteiger partial charge in [0, 0.05) is 25.4 Å². The number of rotatable bonds is 3. The summed E-state index contributed by atoms with van der Waals surface area (Å²) in [6.07, 6.45) is 5.14. The number of nitrogens with one attached hydrogen (secondary N) is 1. The number of para-hydroxylation sites is 1. The summed E-state index contributed by atoms with van der Waals surface area (Å²) in [5.41, 5.74) is 1.11. The van der Waals surface area contributed by atoms with Crippen LogP contribution in [0.5, 0.6) is 0 Å². The molecule has 2 aliphatic rings. The quantitative estimate of drug-likeness (QED) is 0.929. The Morgan fingerprint density at radius 1 is 1.17 bits per heavy atom. The predicted octanol–water partition coefficient (Wildman–Crippen LogP) is 3.39. The first-order valence-electron chi connectivity index (χ1n) is 9.13. The molecule has 24 heavy (non-hydrogen) atoms. The van der Waals surface area contributed by atoms with Crippen molar-refractivity contribution in [2.45, 2.75) is 38.0 Å². The highest BCUT2D eigenvalue weighted by Gasteiger charge is 2.27. The lowest BCUT2D eigenvalue weighted by atomic mass is 9.92. The van der Waals surface area contributed by atoms with Crippen LogP contribution in [0.25, 0.3) is 10.2 Å². The fourth-order valence-corrected chi connectivity index (χ4v) is 5.04. The fraction of sp³-hybridized carbons (Fsp3) is 0.579. The van der Waals surface area contributed by atoms with Gasteiger partial charge in [-0.05, 0) is 56.8 Å². The van der Waals surface area contributed by atoms with Crippen molar-refractivity contribution in [3.8, 4) is 0 Å². The summed E-state index contributed by atoms with van der Waals surface area (Å²) < 4.78 is 1.27. The van der Waals surface area contributed by atoms with E-state index in [4.69, 9.17) is 4.98 Å². The van der Waals surface area contributed by atoms with Crippen molar-refractivity contribution in [1.82, 2.24) is 15.2 Å². The molecule has 4 nitrogen and oxygen atoms in total. The van der Waals surface area contributed by atoms with E-state index in [1.165, 1.54) is 9.71 Å². The third-order valence-corrected chi connectivity index (χ3v) is 6.63. The van der Waals surface area contributed by atoms with E-state index in [1.807, 2.05) is 17.4 Å². The molecular weight excluding hydrogens is 318 g/mol. The number of piperidine rings is 2. The monoisotopic (exact) mass is 343 g/mol. The maximum absolute atomic E-state index is 12.5. The minimum absolute atomic E-state index is 0.365. The van der Waals surface area contributed by atoms with E-state index in [1.54, 1.807) is 0 Å². The van der Waals surface area contributed by atoms with E-state index >= 15 is 0 Å². The molecule has 1 N–H and O–H groups in total. The van der Waals surface area contributed by atoms with E-state index in [-0.39, 0.29) is 0 Å². The van der Waals surface area contributed by atoms with Gasteiger partial charge in [-0.1, -0.05) is 12.1 Å². The molecule has 1 amide bonds. The summed E-state index contributed by atoms with van der Waals surface area (Å²) in [5.74, 6) is 1.47. The number of hydrogen-bond acceptors (Lipinski definition) is 4. The van der Waals surface area contributed by atoms with Crippen LogP contribution in [0.3, 0.4) is 0 Å². The highest BCUT2D eigenvalue weighted by molar-refractivity contribution is 7.18. The molecule has 128 valence electrons.